The molecule has 0 aromatic rings. The molecule has 0 heterocycles. The Hall–Kier alpha value is -0.570. The maximum Gasteiger partial charge on any atom is 0.338 e. The van der Waals surface area contributed by atoms with Crippen molar-refractivity contribution in [2.45, 2.75) is 39.7 Å². The van der Waals surface area contributed by atoms with E-state index in [0.717, 1.165) is 6.42 Å². The van der Waals surface area contributed by atoms with Crippen LogP contribution in [0.3, 0.4) is 0 Å². The van der Waals surface area contributed by atoms with Crippen molar-refractivity contribution in [1.82, 2.24) is 0 Å². The fourth-order valence-corrected chi connectivity index (χ4v) is 0.876. The lowest BCUT2D eigenvalue weighted by Gasteiger charge is -2.26. The van der Waals surface area contributed by atoms with Crippen molar-refractivity contribution in [2.24, 2.45) is 5.92 Å². The van der Waals surface area contributed by atoms with Crippen molar-refractivity contribution in [1.29, 1.82) is 0 Å². The summed E-state index contributed by atoms with van der Waals surface area (Å²) in [7, 11) is 0. The Morgan fingerprint density at radius 2 is 2.08 bits per heavy atom. The van der Waals surface area contributed by atoms with E-state index in [-0.39, 0.29) is 5.92 Å². The Balaban J connectivity index is 4.27. The number of carbonyl (C=O) groups is 1. The van der Waals surface area contributed by atoms with Crippen LogP contribution in [0.15, 0.2) is 0 Å². The SMILES string of the molecule is CCOC(=O)C(C)(O)C(C)CC. The summed E-state index contributed by atoms with van der Waals surface area (Å²) < 4.78 is 4.74. The zero-order valence-corrected chi connectivity index (χ0v) is 8.26. The van der Waals surface area contributed by atoms with Crippen LogP contribution < -0.4 is 0 Å². The summed E-state index contributed by atoms with van der Waals surface area (Å²) in [5, 5.41) is 9.71. The molecule has 0 radical (unpaired) electrons. The molecule has 0 aliphatic carbocycles. The third-order valence-electron chi connectivity index (χ3n) is 2.26. The molecule has 0 aliphatic heterocycles. The highest BCUT2D eigenvalue weighted by atomic mass is 16.5. The minimum absolute atomic E-state index is 0.0726. The van der Waals surface area contributed by atoms with Crippen molar-refractivity contribution in [3.05, 3.63) is 0 Å². The second-order valence-corrected chi connectivity index (χ2v) is 3.18. The Bertz CT molecular complexity index is 152. The highest BCUT2D eigenvalue weighted by Crippen LogP contribution is 2.21. The molecular weight excluding hydrogens is 156 g/mol. The molecule has 2 unspecified atom stereocenters. The standard InChI is InChI=1S/C9H18O3/c1-5-7(3)9(4,11)8(10)12-6-2/h7,11H,5-6H2,1-4H3. The summed E-state index contributed by atoms with van der Waals surface area (Å²) in [5.41, 5.74) is -1.34. The number of ether oxygens (including phenoxy) is 1. The molecule has 0 saturated heterocycles. The average molecular weight is 174 g/mol. The van der Waals surface area contributed by atoms with Crippen LogP contribution in [0.25, 0.3) is 0 Å². The van der Waals surface area contributed by atoms with Gasteiger partial charge in [0.1, 0.15) is 0 Å². The van der Waals surface area contributed by atoms with E-state index in [0.29, 0.717) is 6.61 Å². The van der Waals surface area contributed by atoms with Crippen LogP contribution in [0.1, 0.15) is 34.1 Å². The van der Waals surface area contributed by atoms with Gasteiger partial charge >= 0.3 is 5.97 Å². The molecule has 0 aromatic heterocycles. The smallest absolute Gasteiger partial charge is 0.338 e. The Kier molecular flexibility index (Phi) is 4.24. The number of rotatable bonds is 4. The normalized spacial score (nSPS) is 18.1. The van der Waals surface area contributed by atoms with E-state index in [1.807, 2.05) is 13.8 Å². The summed E-state index contributed by atoms with van der Waals surface area (Å²) in [6, 6.07) is 0. The van der Waals surface area contributed by atoms with Gasteiger partial charge in [-0.25, -0.2) is 4.79 Å². The Morgan fingerprint density at radius 1 is 1.58 bits per heavy atom. The fourth-order valence-electron chi connectivity index (χ4n) is 0.876. The van der Waals surface area contributed by atoms with E-state index in [9.17, 15) is 9.90 Å². The summed E-state index contributed by atoms with van der Waals surface area (Å²) >= 11 is 0. The first-order chi connectivity index (χ1) is 5.46. The third kappa shape index (κ3) is 2.48. The molecule has 72 valence electrons. The van der Waals surface area contributed by atoms with Crippen LogP contribution >= 0.6 is 0 Å². The molecule has 0 spiro atoms. The van der Waals surface area contributed by atoms with Gasteiger partial charge in [-0.2, -0.15) is 0 Å². The van der Waals surface area contributed by atoms with E-state index in [1.165, 1.54) is 6.92 Å². The van der Waals surface area contributed by atoms with Gasteiger partial charge in [-0.05, 0) is 19.8 Å². The number of hydrogen-bond acceptors (Lipinski definition) is 3. The van der Waals surface area contributed by atoms with Gasteiger partial charge in [-0.1, -0.05) is 20.3 Å². The zero-order valence-electron chi connectivity index (χ0n) is 8.26. The first-order valence-corrected chi connectivity index (χ1v) is 4.36. The molecule has 0 bridgehead atoms. The van der Waals surface area contributed by atoms with Gasteiger partial charge in [-0.3, -0.25) is 0 Å². The Morgan fingerprint density at radius 3 is 2.42 bits per heavy atom. The largest absolute Gasteiger partial charge is 0.464 e. The van der Waals surface area contributed by atoms with E-state index >= 15 is 0 Å². The monoisotopic (exact) mass is 174 g/mol. The van der Waals surface area contributed by atoms with Crippen LogP contribution in [-0.2, 0) is 9.53 Å². The summed E-state index contributed by atoms with van der Waals surface area (Å²) in [6.45, 7) is 7.30. The van der Waals surface area contributed by atoms with E-state index < -0.39 is 11.6 Å². The van der Waals surface area contributed by atoms with Gasteiger partial charge in [0, 0.05) is 0 Å². The molecule has 0 aromatic carbocycles. The molecule has 2 atom stereocenters. The maximum absolute atomic E-state index is 11.2. The van der Waals surface area contributed by atoms with Crippen LogP contribution in [-0.4, -0.2) is 23.3 Å². The molecule has 0 amide bonds. The topological polar surface area (TPSA) is 46.5 Å². The summed E-state index contributed by atoms with van der Waals surface area (Å²) in [6.07, 6.45) is 0.756. The number of carbonyl (C=O) groups excluding carboxylic acids is 1. The van der Waals surface area contributed by atoms with E-state index in [4.69, 9.17) is 4.74 Å². The highest BCUT2D eigenvalue weighted by Gasteiger charge is 2.36. The van der Waals surface area contributed by atoms with Gasteiger partial charge < -0.3 is 9.84 Å². The lowest BCUT2D eigenvalue weighted by molar-refractivity contribution is -0.168. The van der Waals surface area contributed by atoms with Crippen LogP contribution in [0.2, 0.25) is 0 Å². The van der Waals surface area contributed by atoms with Gasteiger partial charge in [0.25, 0.3) is 0 Å². The van der Waals surface area contributed by atoms with Gasteiger partial charge in [0.05, 0.1) is 6.61 Å². The molecule has 1 N–H and O–H groups in total. The average Bonchev–Trinajstić information content (AvgIpc) is 2.03. The predicted octanol–water partition coefficient (Wildman–Crippen LogP) is 1.35. The molecular formula is C9H18O3. The first kappa shape index (κ1) is 11.4. The molecule has 0 aliphatic rings. The number of hydrogen-bond donors (Lipinski definition) is 1. The third-order valence-corrected chi connectivity index (χ3v) is 2.26. The highest BCUT2D eigenvalue weighted by molar-refractivity contribution is 5.79. The van der Waals surface area contributed by atoms with Crippen molar-refractivity contribution in [3.8, 4) is 0 Å². The second-order valence-electron chi connectivity index (χ2n) is 3.18. The summed E-state index contributed by atoms with van der Waals surface area (Å²) in [4.78, 5) is 11.2. The van der Waals surface area contributed by atoms with E-state index in [2.05, 4.69) is 0 Å². The van der Waals surface area contributed by atoms with E-state index in [1.54, 1.807) is 6.92 Å². The maximum atomic E-state index is 11.2. The minimum atomic E-state index is -1.34. The number of esters is 1. The van der Waals surface area contributed by atoms with Crippen molar-refractivity contribution in [2.75, 3.05) is 6.61 Å². The van der Waals surface area contributed by atoms with Crippen molar-refractivity contribution < 1.29 is 14.6 Å². The zero-order chi connectivity index (χ0) is 9.78. The van der Waals surface area contributed by atoms with Gasteiger partial charge in [-0.15, -0.1) is 0 Å². The first-order valence-electron chi connectivity index (χ1n) is 4.36. The van der Waals surface area contributed by atoms with Crippen LogP contribution in [0, 0.1) is 5.92 Å². The lowest BCUT2D eigenvalue weighted by Crippen LogP contribution is -2.42. The van der Waals surface area contributed by atoms with Gasteiger partial charge in [0.15, 0.2) is 5.60 Å². The molecule has 3 heteroatoms. The van der Waals surface area contributed by atoms with Crippen molar-refractivity contribution in [3.63, 3.8) is 0 Å². The Labute approximate surface area is 73.7 Å². The van der Waals surface area contributed by atoms with Crippen LogP contribution in [0.5, 0.6) is 0 Å². The van der Waals surface area contributed by atoms with Gasteiger partial charge in [0.2, 0.25) is 0 Å². The molecule has 0 rings (SSSR count). The molecule has 0 fully saturated rings. The molecule has 3 nitrogen and oxygen atoms in total. The van der Waals surface area contributed by atoms with Crippen LogP contribution in [0.4, 0.5) is 0 Å². The fraction of sp³-hybridized carbons (Fsp3) is 0.889. The second kappa shape index (κ2) is 4.45. The summed E-state index contributed by atoms with van der Waals surface area (Å²) in [5.74, 6) is -0.601. The molecule has 0 saturated carbocycles. The lowest BCUT2D eigenvalue weighted by atomic mass is 9.89. The number of aliphatic hydroxyl groups is 1. The molecule has 12 heavy (non-hydrogen) atoms. The minimum Gasteiger partial charge on any atom is -0.464 e. The van der Waals surface area contributed by atoms with Crippen molar-refractivity contribution >= 4 is 5.97 Å². The predicted molar refractivity (Wildman–Crippen MR) is 46.7 cm³/mol. The quantitative estimate of drug-likeness (QED) is 0.654.